The van der Waals surface area contributed by atoms with Crippen LogP contribution in [-0.2, 0) is 0 Å². The van der Waals surface area contributed by atoms with Gasteiger partial charge in [0.1, 0.15) is 0 Å². The van der Waals surface area contributed by atoms with E-state index in [1.807, 2.05) is 19.1 Å². The number of unbranched alkanes of at least 4 members (excludes halogenated alkanes) is 1. The second-order valence-electron chi connectivity index (χ2n) is 7.94. The van der Waals surface area contributed by atoms with Crippen LogP contribution in [0.1, 0.15) is 81.4 Å². The third kappa shape index (κ3) is 5.60. The van der Waals surface area contributed by atoms with E-state index in [1.165, 1.54) is 49.8 Å². The van der Waals surface area contributed by atoms with Crippen molar-refractivity contribution < 1.29 is 13.5 Å². The Morgan fingerprint density at radius 1 is 0.897 bits per heavy atom. The van der Waals surface area contributed by atoms with Gasteiger partial charge >= 0.3 is 0 Å². The molecular formula is C26H30F2O. The molecule has 29 heavy (non-hydrogen) atoms. The maximum atomic E-state index is 14.3. The zero-order valence-electron chi connectivity index (χ0n) is 17.4. The van der Waals surface area contributed by atoms with E-state index >= 15 is 0 Å². The smallest absolute Gasteiger partial charge is 0.201 e. The number of benzene rings is 2. The first-order valence-electron chi connectivity index (χ1n) is 10.8. The minimum absolute atomic E-state index is 0.0484. The molecule has 0 aromatic heterocycles. The molecule has 0 spiro atoms. The van der Waals surface area contributed by atoms with Crippen molar-refractivity contribution in [1.82, 2.24) is 0 Å². The molecular weight excluding hydrogens is 366 g/mol. The first-order valence-corrected chi connectivity index (χ1v) is 10.8. The predicted octanol–water partition coefficient (Wildman–Crippen LogP) is 7.23. The number of halogens is 2. The average molecular weight is 397 g/mol. The van der Waals surface area contributed by atoms with E-state index < -0.39 is 11.6 Å². The molecule has 0 atom stereocenters. The van der Waals surface area contributed by atoms with E-state index in [0.717, 1.165) is 24.3 Å². The lowest BCUT2D eigenvalue weighted by molar-refractivity contribution is 0.288. The van der Waals surface area contributed by atoms with Crippen LogP contribution in [0.25, 0.3) is 0 Å². The fourth-order valence-corrected chi connectivity index (χ4v) is 3.95. The highest BCUT2D eigenvalue weighted by atomic mass is 19.2. The van der Waals surface area contributed by atoms with E-state index in [1.54, 1.807) is 0 Å². The van der Waals surface area contributed by atoms with Crippen LogP contribution in [0.4, 0.5) is 8.78 Å². The molecule has 0 saturated heterocycles. The molecule has 0 bridgehead atoms. The van der Waals surface area contributed by atoms with Crippen LogP contribution in [0.3, 0.4) is 0 Å². The van der Waals surface area contributed by atoms with Crippen LogP contribution in [0.2, 0.25) is 0 Å². The molecule has 0 N–H and O–H groups in total. The van der Waals surface area contributed by atoms with Gasteiger partial charge in [-0.15, -0.1) is 0 Å². The van der Waals surface area contributed by atoms with Crippen molar-refractivity contribution in [3.63, 3.8) is 0 Å². The molecule has 1 saturated carbocycles. The summed E-state index contributed by atoms with van der Waals surface area (Å²) < 4.78 is 33.7. The Kier molecular flexibility index (Phi) is 7.69. The minimum atomic E-state index is -0.967. The normalized spacial score (nSPS) is 18.8. The number of hydrogen-bond acceptors (Lipinski definition) is 1. The average Bonchev–Trinajstić information content (AvgIpc) is 2.77. The first kappa shape index (κ1) is 21.4. The van der Waals surface area contributed by atoms with Crippen LogP contribution >= 0.6 is 0 Å². The molecule has 1 fully saturated rings. The maximum Gasteiger partial charge on any atom is 0.201 e. The van der Waals surface area contributed by atoms with Gasteiger partial charge in [-0.1, -0.05) is 50.7 Å². The Morgan fingerprint density at radius 2 is 1.62 bits per heavy atom. The predicted molar refractivity (Wildman–Crippen MR) is 114 cm³/mol. The summed E-state index contributed by atoms with van der Waals surface area (Å²) in [6.45, 7) is 4.67. The third-order valence-corrected chi connectivity index (χ3v) is 5.95. The second-order valence-corrected chi connectivity index (χ2v) is 7.94. The minimum Gasteiger partial charge on any atom is -0.490 e. The maximum absolute atomic E-state index is 14.3. The standard InChI is InChI=1S/C26H30F2O/c1-3-5-18-29-24-17-16-23(25(27)26(24)28)15-10-20-8-13-22(14-9-20)21-11-6-19(4-2)7-12-21/h8-9,13-14,16-17,19,21H,3-7,11-12,18H2,1-2H3/t19-,21-. The lowest BCUT2D eigenvalue weighted by atomic mass is 9.78. The molecule has 3 heteroatoms. The molecule has 0 radical (unpaired) electrons. The van der Waals surface area contributed by atoms with Crippen molar-refractivity contribution in [3.05, 3.63) is 64.7 Å². The summed E-state index contributed by atoms with van der Waals surface area (Å²) in [5.41, 5.74) is 2.21. The summed E-state index contributed by atoms with van der Waals surface area (Å²) in [6.07, 6.45) is 8.15. The van der Waals surface area contributed by atoms with Crippen molar-refractivity contribution in [2.45, 2.75) is 64.7 Å². The molecule has 2 aromatic carbocycles. The van der Waals surface area contributed by atoms with E-state index in [9.17, 15) is 8.78 Å². The highest BCUT2D eigenvalue weighted by Gasteiger charge is 2.21. The van der Waals surface area contributed by atoms with Gasteiger partial charge in [0.05, 0.1) is 12.2 Å². The second kappa shape index (κ2) is 10.4. The van der Waals surface area contributed by atoms with Gasteiger partial charge in [0.2, 0.25) is 5.82 Å². The molecule has 1 nitrogen and oxygen atoms in total. The fraction of sp³-hybridized carbons (Fsp3) is 0.462. The fourth-order valence-electron chi connectivity index (χ4n) is 3.95. The molecule has 3 rings (SSSR count). The van der Waals surface area contributed by atoms with Crippen LogP contribution in [0, 0.1) is 29.4 Å². The van der Waals surface area contributed by atoms with Crippen molar-refractivity contribution >= 4 is 0 Å². The van der Waals surface area contributed by atoms with Gasteiger partial charge in [0.25, 0.3) is 0 Å². The van der Waals surface area contributed by atoms with Gasteiger partial charge in [-0.25, -0.2) is 4.39 Å². The lowest BCUT2D eigenvalue weighted by Crippen LogP contribution is -2.12. The van der Waals surface area contributed by atoms with Crippen LogP contribution in [0.15, 0.2) is 36.4 Å². The highest BCUT2D eigenvalue weighted by molar-refractivity contribution is 5.46. The van der Waals surface area contributed by atoms with Gasteiger partial charge in [0.15, 0.2) is 11.6 Å². The molecule has 0 aliphatic heterocycles. The molecule has 0 heterocycles. The molecule has 1 aliphatic carbocycles. The Morgan fingerprint density at radius 3 is 2.28 bits per heavy atom. The lowest BCUT2D eigenvalue weighted by Gasteiger charge is -2.28. The summed E-state index contributed by atoms with van der Waals surface area (Å²) in [5.74, 6) is 5.25. The number of hydrogen-bond donors (Lipinski definition) is 0. The van der Waals surface area contributed by atoms with E-state index in [0.29, 0.717) is 12.5 Å². The van der Waals surface area contributed by atoms with Crippen molar-refractivity contribution in [2.75, 3.05) is 6.61 Å². The Balaban J connectivity index is 1.66. The number of rotatable bonds is 6. The van der Waals surface area contributed by atoms with Crippen molar-refractivity contribution in [2.24, 2.45) is 5.92 Å². The summed E-state index contributed by atoms with van der Waals surface area (Å²) >= 11 is 0. The van der Waals surface area contributed by atoms with Gasteiger partial charge in [-0.3, -0.25) is 0 Å². The quantitative estimate of drug-likeness (QED) is 0.370. The third-order valence-electron chi connectivity index (χ3n) is 5.95. The van der Waals surface area contributed by atoms with Crippen LogP contribution in [0.5, 0.6) is 5.75 Å². The van der Waals surface area contributed by atoms with E-state index in [-0.39, 0.29) is 11.3 Å². The Hall–Kier alpha value is -2.34. The van der Waals surface area contributed by atoms with Crippen LogP contribution < -0.4 is 4.74 Å². The van der Waals surface area contributed by atoms with Gasteiger partial charge in [-0.05, 0) is 73.8 Å². The Bertz CT molecular complexity index is 853. The highest BCUT2D eigenvalue weighted by Crippen LogP contribution is 2.36. The molecule has 2 aromatic rings. The van der Waals surface area contributed by atoms with E-state index in [4.69, 9.17) is 4.74 Å². The van der Waals surface area contributed by atoms with E-state index in [2.05, 4.69) is 30.9 Å². The zero-order chi connectivity index (χ0) is 20.6. The molecule has 0 unspecified atom stereocenters. The largest absolute Gasteiger partial charge is 0.490 e. The van der Waals surface area contributed by atoms with Crippen molar-refractivity contribution in [3.8, 4) is 17.6 Å². The first-order chi connectivity index (χ1) is 14.1. The summed E-state index contributed by atoms with van der Waals surface area (Å²) in [5, 5.41) is 0. The van der Waals surface area contributed by atoms with Crippen LogP contribution in [-0.4, -0.2) is 6.61 Å². The van der Waals surface area contributed by atoms with Gasteiger partial charge in [0, 0.05) is 5.56 Å². The number of ether oxygens (including phenoxy) is 1. The molecule has 1 aliphatic rings. The Labute approximate surface area is 173 Å². The van der Waals surface area contributed by atoms with Crippen molar-refractivity contribution in [1.29, 1.82) is 0 Å². The monoisotopic (exact) mass is 396 g/mol. The summed E-state index contributed by atoms with van der Waals surface area (Å²) in [4.78, 5) is 0. The molecule has 154 valence electrons. The summed E-state index contributed by atoms with van der Waals surface area (Å²) in [6, 6.07) is 11.1. The molecule has 0 amide bonds. The van der Waals surface area contributed by atoms with Gasteiger partial charge in [-0.2, -0.15) is 4.39 Å². The summed E-state index contributed by atoms with van der Waals surface area (Å²) in [7, 11) is 0. The SMILES string of the molecule is CCCCOc1ccc(C#Cc2ccc([C@H]3CC[C@H](CC)CC3)cc2)c(F)c1F. The van der Waals surface area contributed by atoms with Gasteiger partial charge < -0.3 is 4.74 Å². The zero-order valence-corrected chi connectivity index (χ0v) is 17.4. The topological polar surface area (TPSA) is 9.23 Å².